The van der Waals surface area contributed by atoms with E-state index in [0.29, 0.717) is 19.6 Å². The normalized spacial score (nSPS) is 21.2. The Morgan fingerprint density at radius 2 is 2.20 bits per heavy atom. The molecule has 0 aliphatic carbocycles. The van der Waals surface area contributed by atoms with Gasteiger partial charge in [-0.2, -0.15) is 0 Å². The summed E-state index contributed by atoms with van der Waals surface area (Å²) in [7, 11) is 0. The average Bonchev–Trinajstić information content (AvgIpc) is 2.78. The number of halogens is 2. The number of alkyl halides is 2. The van der Waals surface area contributed by atoms with Gasteiger partial charge in [0.25, 0.3) is 5.92 Å². The molecule has 1 aromatic rings. The van der Waals surface area contributed by atoms with E-state index >= 15 is 0 Å². The van der Waals surface area contributed by atoms with Crippen LogP contribution < -0.4 is 5.32 Å². The van der Waals surface area contributed by atoms with Crippen molar-refractivity contribution in [1.82, 2.24) is 4.90 Å². The van der Waals surface area contributed by atoms with Crippen LogP contribution in [0.1, 0.15) is 12.0 Å². The maximum absolute atomic E-state index is 13.1. The molecule has 0 amide bonds. The molecule has 0 saturated carbocycles. The molecule has 2 aliphatic rings. The Morgan fingerprint density at radius 3 is 3.00 bits per heavy atom. The van der Waals surface area contributed by atoms with Crippen LogP contribution in [0.25, 0.3) is 0 Å². The first-order valence-electron chi connectivity index (χ1n) is 6.75. The molecule has 2 heterocycles. The van der Waals surface area contributed by atoms with Crippen molar-refractivity contribution in [3.05, 3.63) is 29.8 Å². The van der Waals surface area contributed by atoms with Crippen LogP contribution >= 0.6 is 11.8 Å². The fourth-order valence-electron chi connectivity index (χ4n) is 2.44. The molecule has 0 spiro atoms. The zero-order valence-corrected chi connectivity index (χ0v) is 11.9. The summed E-state index contributed by atoms with van der Waals surface area (Å²) in [5.74, 6) is -1.71. The minimum atomic E-state index is -2.50. The second-order valence-electron chi connectivity index (χ2n) is 5.13. The largest absolute Gasteiger partial charge is 0.335 e. The maximum atomic E-state index is 13.1. The van der Waals surface area contributed by atoms with Gasteiger partial charge in [-0.15, -0.1) is 0 Å². The van der Waals surface area contributed by atoms with Gasteiger partial charge in [0.1, 0.15) is 0 Å². The highest BCUT2D eigenvalue weighted by Gasteiger charge is 2.37. The van der Waals surface area contributed by atoms with E-state index in [1.807, 2.05) is 23.1 Å². The number of aliphatic imine (C=N–C) groups is 1. The van der Waals surface area contributed by atoms with Crippen LogP contribution in [0.4, 0.5) is 14.5 Å². The number of fused-ring (bicyclic) bond motifs is 1. The lowest BCUT2D eigenvalue weighted by atomic mass is 10.1. The summed E-state index contributed by atoms with van der Waals surface area (Å²) >= 11 is 1.60. The van der Waals surface area contributed by atoms with Gasteiger partial charge in [0.15, 0.2) is 5.17 Å². The molecule has 0 radical (unpaired) electrons. The molecule has 0 atom stereocenters. The fourth-order valence-corrected chi connectivity index (χ4v) is 3.32. The Hall–Kier alpha value is -1.14. The van der Waals surface area contributed by atoms with E-state index in [4.69, 9.17) is 0 Å². The molecular weight excluding hydrogens is 280 g/mol. The summed E-state index contributed by atoms with van der Waals surface area (Å²) in [6.07, 6.45) is -0.00968. The predicted octanol–water partition coefficient (Wildman–Crippen LogP) is 3.04. The number of amidine groups is 1. The molecule has 2 aliphatic heterocycles. The number of hydrogen-bond donors (Lipinski definition) is 1. The molecule has 3 rings (SSSR count). The van der Waals surface area contributed by atoms with E-state index < -0.39 is 5.92 Å². The summed E-state index contributed by atoms with van der Waals surface area (Å²) < 4.78 is 26.1. The Labute approximate surface area is 121 Å². The fraction of sp³-hybridized carbons (Fsp3) is 0.500. The van der Waals surface area contributed by atoms with Crippen molar-refractivity contribution < 1.29 is 8.78 Å². The SMILES string of the molecule is FC1(F)CCN(CCSC2=NCc3ccccc3N2)C1. The molecule has 1 N–H and O–H groups in total. The summed E-state index contributed by atoms with van der Waals surface area (Å²) in [6, 6.07) is 8.08. The molecule has 3 nitrogen and oxygen atoms in total. The third kappa shape index (κ3) is 3.30. The topological polar surface area (TPSA) is 27.6 Å². The molecule has 1 saturated heterocycles. The lowest BCUT2D eigenvalue weighted by Crippen LogP contribution is -2.28. The lowest BCUT2D eigenvalue weighted by molar-refractivity contribution is 0.0128. The number of thioether (sulfide) groups is 1. The van der Waals surface area contributed by atoms with E-state index in [0.717, 1.165) is 16.6 Å². The minimum absolute atomic E-state index is 0.00968. The van der Waals surface area contributed by atoms with E-state index in [2.05, 4.69) is 16.4 Å². The smallest absolute Gasteiger partial charge is 0.261 e. The van der Waals surface area contributed by atoms with Gasteiger partial charge in [0.2, 0.25) is 0 Å². The first-order chi connectivity index (χ1) is 9.62. The van der Waals surface area contributed by atoms with E-state index in [9.17, 15) is 8.78 Å². The molecule has 1 aromatic carbocycles. The molecular formula is C14H17F2N3S. The summed E-state index contributed by atoms with van der Waals surface area (Å²) in [4.78, 5) is 6.29. The third-order valence-corrected chi connectivity index (χ3v) is 4.44. The van der Waals surface area contributed by atoms with Crippen LogP contribution in [0.3, 0.4) is 0 Å². The Balaban J connectivity index is 1.45. The highest BCUT2D eigenvalue weighted by Crippen LogP contribution is 2.27. The number of rotatable bonds is 3. The summed E-state index contributed by atoms with van der Waals surface area (Å²) in [6.45, 7) is 1.77. The van der Waals surface area contributed by atoms with Crippen LogP contribution in [0, 0.1) is 0 Å². The quantitative estimate of drug-likeness (QED) is 0.929. The zero-order chi connectivity index (χ0) is 14.0. The lowest BCUT2D eigenvalue weighted by Gasteiger charge is -2.19. The minimum Gasteiger partial charge on any atom is -0.335 e. The maximum Gasteiger partial charge on any atom is 0.261 e. The van der Waals surface area contributed by atoms with Gasteiger partial charge < -0.3 is 5.32 Å². The second kappa shape index (κ2) is 5.69. The number of nitrogens with zero attached hydrogens (tertiary/aromatic N) is 2. The number of anilines is 1. The van der Waals surface area contributed by atoms with Crippen molar-refractivity contribution in [3.63, 3.8) is 0 Å². The molecule has 0 unspecified atom stereocenters. The number of hydrogen-bond acceptors (Lipinski definition) is 4. The van der Waals surface area contributed by atoms with Gasteiger partial charge in [0.05, 0.1) is 13.1 Å². The van der Waals surface area contributed by atoms with Gasteiger partial charge in [-0.05, 0) is 11.6 Å². The van der Waals surface area contributed by atoms with Gasteiger partial charge in [-0.3, -0.25) is 9.89 Å². The van der Waals surface area contributed by atoms with Gasteiger partial charge in [-0.25, -0.2) is 8.78 Å². The molecule has 1 fully saturated rings. The Kier molecular flexibility index (Phi) is 3.94. The highest BCUT2D eigenvalue weighted by molar-refractivity contribution is 8.14. The van der Waals surface area contributed by atoms with Gasteiger partial charge >= 0.3 is 0 Å². The van der Waals surface area contributed by atoms with Crippen LogP contribution in [0.5, 0.6) is 0 Å². The molecule has 6 heteroatoms. The zero-order valence-electron chi connectivity index (χ0n) is 11.1. The van der Waals surface area contributed by atoms with Crippen molar-refractivity contribution in [2.24, 2.45) is 4.99 Å². The Morgan fingerprint density at radius 1 is 1.35 bits per heavy atom. The average molecular weight is 297 g/mol. The number of para-hydroxylation sites is 1. The van der Waals surface area contributed by atoms with Crippen molar-refractivity contribution in [2.75, 3.05) is 30.7 Å². The third-order valence-electron chi connectivity index (χ3n) is 3.55. The highest BCUT2D eigenvalue weighted by atomic mass is 32.2. The van der Waals surface area contributed by atoms with Gasteiger partial charge in [0, 0.05) is 31.0 Å². The van der Waals surface area contributed by atoms with Gasteiger partial charge in [-0.1, -0.05) is 30.0 Å². The number of nitrogens with one attached hydrogen (secondary N) is 1. The summed E-state index contributed by atoms with van der Waals surface area (Å²) in [5, 5.41) is 4.17. The monoisotopic (exact) mass is 297 g/mol. The molecule has 108 valence electrons. The molecule has 0 aromatic heterocycles. The first-order valence-corrected chi connectivity index (χ1v) is 7.73. The van der Waals surface area contributed by atoms with E-state index in [1.54, 1.807) is 11.8 Å². The van der Waals surface area contributed by atoms with Crippen molar-refractivity contribution in [1.29, 1.82) is 0 Å². The second-order valence-corrected chi connectivity index (χ2v) is 6.22. The van der Waals surface area contributed by atoms with E-state index in [1.165, 1.54) is 5.56 Å². The van der Waals surface area contributed by atoms with Crippen molar-refractivity contribution in [2.45, 2.75) is 18.9 Å². The van der Waals surface area contributed by atoms with E-state index in [-0.39, 0.29) is 13.0 Å². The number of benzene rings is 1. The van der Waals surface area contributed by atoms with Crippen LogP contribution in [-0.2, 0) is 6.54 Å². The standard InChI is InChI=1S/C14H17F2N3S/c15-14(16)5-6-19(10-14)7-8-20-13-17-9-11-3-1-2-4-12(11)18-13/h1-4H,5-10H2,(H,17,18). The van der Waals surface area contributed by atoms with Crippen LogP contribution in [0.2, 0.25) is 0 Å². The Bertz CT molecular complexity index is 519. The molecule has 0 bridgehead atoms. The van der Waals surface area contributed by atoms with Crippen molar-refractivity contribution >= 4 is 22.6 Å². The van der Waals surface area contributed by atoms with Crippen LogP contribution in [0.15, 0.2) is 29.3 Å². The van der Waals surface area contributed by atoms with Crippen LogP contribution in [-0.4, -0.2) is 41.4 Å². The predicted molar refractivity (Wildman–Crippen MR) is 79.7 cm³/mol. The first kappa shape index (κ1) is 13.8. The summed E-state index contributed by atoms with van der Waals surface area (Å²) in [5.41, 5.74) is 2.29. The molecule has 20 heavy (non-hydrogen) atoms. The number of likely N-dealkylation sites (tertiary alicyclic amines) is 1. The van der Waals surface area contributed by atoms with Crippen molar-refractivity contribution in [3.8, 4) is 0 Å².